The quantitative estimate of drug-likeness (QED) is 0.604. The first-order valence-corrected chi connectivity index (χ1v) is 12.9. The second-order valence-corrected chi connectivity index (χ2v) is 9.24. The van der Waals surface area contributed by atoms with Crippen LogP contribution >= 0.6 is 11.8 Å². The Kier molecular flexibility index (Phi) is 9.24. The minimum atomic E-state index is -4.94. The Morgan fingerprint density at radius 2 is 1.06 bits per heavy atom. The van der Waals surface area contributed by atoms with Crippen LogP contribution < -0.4 is 18.6 Å². The van der Waals surface area contributed by atoms with Gasteiger partial charge in [-0.25, -0.2) is 23.2 Å². The van der Waals surface area contributed by atoms with Crippen molar-refractivity contribution in [2.24, 2.45) is 0 Å². The van der Waals surface area contributed by atoms with Gasteiger partial charge in [-0.3, -0.25) is 0 Å². The molecule has 0 bridgehead atoms. The predicted molar refractivity (Wildman–Crippen MR) is 128 cm³/mol. The summed E-state index contributed by atoms with van der Waals surface area (Å²) >= 11 is 1.84. The van der Waals surface area contributed by atoms with Gasteiger partial charge in [0.2, 0.25) is 0 Å². The highest BCUT2D eigenvalue weighted by molar-refractivity contribution is 8.16. The molecule has 5 nitrogen and oxygen atoms in total. The van der Waals surface area contributed by atoms with Gasteiger partial charge >= 0.3 is 0 Å². The number of halogens is 1. The van der Waals surface area contributed by atoms with Crippen molar-refractivity contribution in [2.45, 2.75) is 13.8 Å². The lowest BCUT2D eigenvalue weighted by molar-refractivity contribution is -2.00. The molecular formula is C27H26ClNO4S. The Labute approximate surface area is 206 Å². The highest BCUT2D eigenvalue weighted by Crippen LogP contribution is 2.44. The smallest absolute Gasteiger partial charge is 0.199 e. The molecule has 34 heavy (non-hydrogen) atoms. The van der Waals surface area contributed by atoms with Gasteiger partial charge in [-0.1, -0.05) is 72.4 Å². The van der Waals surface area contributed by atoms with Crippen molar-refractivity contribution in [3.8, 4) is 0 Å². The standard InChI is InChI=1S/C27H26NS.ClHO4/c1-3-28(4-2)25-17-15-21(16-18-25)24-19-26(22-11-7-5-8-12-22)29-27(20-24)23-13-9-6-10-14-23;2-1(3,4)5/h5-20H,3-4H2,1-2H3;(H,2,3,4,5)/q+1;/p-1. The maximum absolute atomic E-state index is 8.49. The van der Waals surface area contributed by atoms with Crippen LogP contribution in [0.2, 0.25) is 0 Å². The van der Waals surface area contributed by atoms with Crippen LogP contribution in [0.4, 0.5) is 0 Å². The Morgan fingerprint density at radius 3 is 1.44 bits per heavy atom. The monoisotopic (exact) mass is 495 g/mol. The highest BCUT2D eigenvalue weighted by Gasteiger charge is 2.17. The van der Waals surface area contributed by atoms with Crippen LogP contribution in [0.15, 0.2) is 108 Å². The van der Waals surface area contributed by atoms with Crippen molar-refractivity contribution in [3.63, 3.8) is 0 Å². The van der Waals surface area contributed by atoms with E-state index in [4.69, 9.17) is 18.6 Å². The number of rotatable bonds is 4. The van der Waals surface area contributed by atoms with E-state index >= 15 is 0 Å². The SMILES string of the molecule is CC[N+](CC)=C1C=CC(=C2C=C(c3ccccc3)SC(c3ccccc3)=C2)C=C1.[O-][Cl+3]([O-])([O-])[O-]. The van der Waals surface area contributed by atoms with Crippen molar-refractivity contribution < 1.29 is 33.5 Å². The van der Waals surface area contributed by atoms with E-state index in [-0.39, 0.29) is 0 Å². The Hall–Kier alpha value is -2.71. The van der Waals surface area contributed by atoms with E-state index in [0.717, 1.165) is 13.1 Å². The molecule has 0 unspecified atom stereocenters. The maximum atomic E-state index is 8.49. The Bertz CT molecular complexity index is 1090. The van der Waals surface area contributed by atoms with Gasteiger partial charge < -0.3 is 0 Å². The van der Waals surface area contributed by atoms with E-state index in [1.165, 1.54) is 37.8 Å². The summed E-state index contributed by atoms with van der Waals surface area (Å²) < 4.78 is 36.3. The molecule has 7 heteroatoms. The number of allylic oxidation sites excluding steroid dienone is 8. The third-order valence-corrected chi connectivity index (χ3v) is 6.39. The highest BCUT2D eigenvalue weighted by atomic mass is 35.7. The Morgan fingerprint density at radius 1 is 0.647 bits per heavy atom. The molecule has 0 atom stereocenters. The zero-order valence-corrected chi connectivity index (χ0v) is 20.6. The summed E-state index contributed by atoms with van der Waals surface area (Å²) in [7, 11) is -4.94. The lowest BCUT2D eigenvalue weighted by Gasteiger charge is -2.18. The summed E-state index contributed by atoms with van der Waals surface area (Å²) in [6.07, 6.45) is 13.6. The molecule has 0 spiro atoms. The van der Waals surface area contributed by atoms with Gasteiger partial charge in [0.25, 0.3) is 0 Å². The molecule has 0 N–H and O–H groups in total. The van der Waals surface area contributed by atoms with Crippen LogP contribution in [0.5, 0.6) is 0 Å². The first-order chi connectivity index (χ1) is 16.3. The van der Waals surface area contributed by atoms with Gasteiger partial charge in [0.15, 0.2) is 5.71 Å². The number of nitrogens with zero attached hydrogens (tertiary/aromatic N) is 1. The van der Waals surface area contributed by atoms with Gasteiger partial charge in [-0.15, -0.1) is 10.2 Å². The molecule has 0 saturated heterocycles. The summed E-state index contributed by atoms with van der Waals surface area (Å²) in [6, 6.07) is 21.3. The molecule has 1 aliphatic carbocycles. The topological polar surface area (TPSA) is 95.2 Å². The lowest BCUT2D eigenvalue weighted by Crippen LogP contribution is -2.68. The summed E-state index contributed by atoms with van der Waals surface area (Å²) in [6.45, 7) is 6.46. The fraction of sp³-hybridized carbons (Fsp3) is 0.148. The number of hydrogen-bond donors (Lipinski definition) is 0. The molecular weight excluding hydrogens is 470 g/mol. The molecule has 4 rings (SSSR count). The van der Waals surface area contributed by atoms with E-state index in [2.05, 4.69) is 116 Å². The third kappa shape index (κ3) is 7.67. The molecule has 0 saturated carbocycles. The van der Waals surface area contributed by atoms with E-state index < -0.39 is 10.2 Å². The summed E-state index contributed by atoms with van der Waals surface area (Å²) in [5.74, 6) is 0. The minimum absolute atomic E-state index is 1.03. The first kappa shape index (κ1) is 25.9. The molecule has 2 aromatic rings. The molecule has 0 amide bonds. The van der Waals surface area contributed by atoms with Crippen molar-refractivity contribution in [1.82, 2.24) is 0 Å². The normalized spacial score (nSPS) is 15.4. The third-order valence-electron chi connectivity index (χ3n) is 5.24. The number of hydrogen-bond acceptors (Lipinski definition) is 5. The summed E-state index contributed by atoms with van der Waals surface area (Å²) in [5.41, 5.74) is 6.31. The van der Waals surface area contributed by atoms with Crippen LogP contribution in [-0.2, 0) is 0 Å². The van der Waals surface area contributed by atoms with Crippen LogP contribution in [0, 0.1) is 10.2 Å². The first-order valence-electron chi connectivity index (χ1n) is 10.8. The zero-order valence-electron chi connectivity index (χ0n) is 19.0. The molecule has 176 valence electrons. The van der Waals surface area contributed by atoms with Crippen LogP contribution in [0.3, 0.4) is 0 Å². The van der Waals surface area contributed by atoms with Crippen LogP contribution in [0.1, 0.15) is 25.0 Å². The second-order valence-electron chi connectivity index (χ2n) is 7.40. The van der Waals surface area contributed by atoms with Gasteiger partial charge in [0, 0.05) is 22.0 Å². The van der Waals surface area contributed by atoms with Crippen molar-refractivity contribution >= 4 is 27.3 Å². The number of benzene rings is 2. The zero-order chi connectivity index (χ0) is 24.6. The summed E-state index contributed by atoms with van der Waals surface area (Å²) in [4.78, 5) is 2.57. The van der Waals surface area contributed by atoms with E-state index in [1.807, 2.05) is 11.8 Å². The largest absolute Gasteiger partial charge is 0.231 e. The van der Waals surface area contributed by atoms with Crippen molar-refractivity contribution in [2.75, 3.05) is 13.1 Å². The molecule has 0 fully saturated rings. The molecule has 2 aliphatic rings. The maximum Gasteiger partial charge on any atom is 0.199 e. The van der Waals surface area contributed by atoms with Gasteiger partial charge in [-0.2, -0.15) is 0 Å². The minimum Gasteiger partial charge on any atom is -0.231 e. The lowest BCUT2D eigenvalue weighted by atomic mass is 9.99. The molecule has 1 aliphatic heterocycles. The molecule has 0 aromatic heterocycles. The van der Waals surface area contributed by atoms with E-state index in [9.17, 15) is 0 Å². The van der Waals surface area contributed by atoms with E-state index in [1.54, 1.807) is 0 Å². The molecule has 2 aromatic carbocycles. The number of thioether (sulfide) groups is 1. The predicted octanol–water partition coefficient (Wildman–Crippen LogP) is 1.98. The molecule has 0 radical (unpaired) electrons. The van der Waals surface area contributed by atoms with Gasteiger partial charge in [0.1, 0.15) is 13.1 Å². The second kappa shape index (κ2) is 12.1. The van der Waals surface area contributed by atoms with E-state index in [0.29, 0.717) is 0 Å². The van der Waals surface area contributed by atoms with Crippen LogP contribution in [-0.4, -0.2) is 23.4 Å². The van der Waals surface area contributed by atoms with Gasteiger partial charge in [0.05, 0.1) is 0 Å². The average molecular weight is 496 g/mol. The fourth-order valence-electron chi connectivity index (χ4n) is 3.61. The molecule has 1 heterocycles. The van der Waals surface area contributed by atoms with Crippen LogP contribution in [0.25, 0.3) is 9.81 Å². The van der Waals surface area contributed by atoms with Gasteiger partial charge in [-0.05, 0) is 60.4 Å². The average Bonchev–Trinajstić information content (AvgIpc) is 2.85. The van der Waals surface area contributed by atoms with Crippen molar-refractivity contribution in [1.29, 1.82) is 0 Å². The fourth-order valence-corrected chi connectivity index (χ4v) is 4.73. The Balaban J connectivity index is 0.000000588. The summed E-state index contributed by atoms with van der Waals surface area (Å²) in [5, 5.41) is 0. The van der Waals surface area contributed by atoms with Crippen molar-refractivity contribution in [3.05, 3.63) is 119 Å².